The lowest BCUT2D eigenvalue weighted by Crippen LogP contribution is -2.42. The Kier molecular flexibility index (Phi) is 4.90. The minimum Gasteiger partial charge on any atom is -0.376 e. The van der Waals surface area contributed by atoms with Gasteiger partial charge in [-0.1, -0.05) is 30.3 Å². The highest BCUT2D eigenvalue weighted by atomic mass is 32.1. The second-order valence-corrected chi connectivity index (χ2v) is 5.98. The van der Waals surface area contributed by atoms with Crippen molar-refractivity contribution in [3.63, 3.8) is 0 Å². The van der Waals surface area contributed by atoms with Gasteiger partial charge in [0.2, 0.25) is 0 Å². The molecule has 1 saturated heterocycles. The molecule has 0 aromatic heterocycles. The van der Waals surface area contributed by atoms with Gasteiger partial charge in [-0.2, -0.15) is 0 Å². The summed E-state index contributed by atoms with van der Waals surface area (Å²) in [6.45, 7) is 4.63. The van der Waals surface area contributed by atoms with Gasteiger partial charge in [0.15, 0.2) is 5.11 Å². The van der Waals surface area contributed by atoms with Gasteiger partial charge >= 0.3 is 0 Å². The van der Waals surface area contributed by atoms with E-state index < -0.39 is 0 Å². The van der Waals surface area contributed by atoms with Crippen LogP contribution < -0.4 is 10.2 Å². The molecule has 2 aromatic carbocycles. The van der Waals surface area contributed by atoms with Gasteiger partial charge in [0.05, 0.1) is 6.10 Å². The first-order chi connectivity index (χ1) is 10.8. The van der Waals surface area contributed by atoms with Crippen LogP contribution >= 0.6 is 12.2 Å². The Hall–Kier alpha value is -1.65. The van der Waals surface area contributed by atoms with Crippen molar-refractivity contribution in [1.82, 2.24) is 5.32 Å². The SMILES string of the molecule is CCN(C(=S)NC[C@H]1CCCO1)c1ccc2ccccc2c1. The Morgan fingerprint density at radius 2 is 2.09 bits per heavy atom. The molecule has 1 aliphatic heterocycles. The molecule has 1 N–H and O–H groups in total. The number of thiocarbonyl (C=S) groups is 1. The predicted molar refractivity (Wildman–Crippen MR) is 96.5 cm³/mol. The van der Waals surface area contributed by atoms with E-state index in [1.54, 1.807) is 0 Å². The summed E-state index contributed by atoms with van der Waals surface area (Å²) in [5.41, 5.74) is 1.13. The number of hydrogen-bond acceptors (Lipinski definition) is 2. The van der Waals surface area contributed by atoms with E-state index in [0.29, 0.717) is 6.10 Å². The molecule has 116 valence electrons. The summed E-state index contributed by atoms with van der Waals surface area (Å²) in [5, 5.41) is 6.61. The van der Waals surface area contributed by atoms with Crippen molar-refractivity contribution in [3.8, 4) is 0 Å². The van der Waals surface area contributed by atoms with Crippen LogP contribution in [-0.2, 0) is 4.74 Å². The van der Waals surface area contributed by atoms with Gasteiger partial charge in [0, 0.05) is 25.4 Å². The standard InChI is InChI=1S/C18H22N2OS/c1-2-20(18(22)19-13-17-8-5-11-21-17)16-10-9-14-6-3-4-7-15(14)12-16/h3-4,6-7,9-10,12,17H,2,5,8,11,13H2,1H3,(H,19,22)/t17-/m1/s1. The Labute approximate surface area is 137 Å². The van der Waals surface area contributed by atoms with Gasteiger partial charge in [-0.25, -0.2) is 0 Å². The van der Waals surface area contributed by atoms with Gasteiger partial charge < -0.3 is 15.0 Å². The molecule has 1 heterocycles. The van der Waals surface area contributed by atoms with Crippen molar-refractivity contribution in [2.75, 3.05) is 24.6 Å². The van der Waals surface area contributed by atoms with Gasteiger partial charge in [-0.05, 0) is 54.9 Å². The third-order valence-electron chi connectivity index (χ3n) is 4.11. The van der Waals surface area contributed by atoms with Crippen molar-refractivity contribution in [3.05, 3.63) is 42.5 Å². The second-order valence-electron chi connectivity index (χ2n) is 5.60. The highest BCUT2D eigenvalue weighted by molar-refractivity contribution is 7.80. The van der Waals surface area contributed by atoms with Gasteiger partial charge in [0.25, 0.3) is 0 Å². The third kappa shape index (κ3) is 3.39. The largest absolute Gasteiger partial charge is 0.376 e. The van der Waals surface area contributed by atoms with E-state index in [-0.39, 0.29) is 0 Å². The monoisotopic (exact) mass is 314 g/mol. The van der Waals surface area contributed by atoms with Crippen LogP contribution in [0.5, 0.6) is 0 Å². The molecule has 4 heteroatoms. The van der Waals surface area contributed by atoms with E-state index in [2.05, 4.69) is 59.6 Å². The van der Waals surface area contributed by atoms with Crippen molar-refractivity contribution in [2.45, 2.75) is 25.9 Å². The van der Waals surface area contributed by atoms with Gasteiger partial charge in [-0.15, -0.1) is 0 Å². The number of rotatable bonds is 4. The van der Waals surface area contributed by atoms with E-state index >= 15 is 0 Å². The molecule has 3 rings (SSSR count). The van der Waals surface area contributed by atoms with Crippen molar-refractivity contribution in [2.24, 2.45) is 0 Å². The predicted octanol–water partition coefficient (Wildman–Crippen LogP) is 3.72. The first kappa shape index (κ1) is 15.3. The van der Waals surface area contributed by atoms with Gasteiger partial charge in [-0.3, -0.25) is 0 Å². The number of benzene rings is 2. The van der Waals surface area contributed by atoms with E-state index in [1.165, 1.54) is 10.8 Å². The van der Waals surface area contributed by atoms with Crippen LogP contribution in [0.2, 0.25) is 0 Å². The summed E-state index contributed by atoms with van der Waals surface area (Å²) in [6, 6.07) is 14.9. The minimum atomic E-state index is 0.299. The Bertz CT molecular complexity index is 652. The number of nitrogens with zero attached hydrogens (tertiary/aromatic N) is 1. The van der Waals surface area contributed by atoms with Crippen LogP contribution in [-0.4, -0.2) is 30.9 Å². The van der Waals surface area contributed by atoms with E-state index in [0.717, 1.165) is 43.3 Å². The topological polar surface area (TPSA) is 24.5 Å². The number of ether oxygens (including phenoxy) is 1. The fraction of sp³-hybridized carbons (Fsp3) is 0.389. The first-order valence-electron chi connectivity index (χ1n) is 7.93. The summed E-state index contributed by atoms with van der Waals surface area (Å²) in [4.78, 5) is 2.14. The normalized spacial score (nSPS) is 17.6. The molecule has 2 aromatic rings. The molecule has 3 nitrogen and oxygen atoms in total. The number of hydrogen-bond donors (Lipinski definition) is 1. The van der Waals surface area contributed by atoms with Crippen LogP contribution in [0.25, 0.3) is 10.8 Å². The average molecular weight is 314 g/mol. The highest BCUT2D eigenvalue weighted by Gasteiger charge is 2.17. The molecule has 0 saturated carbocycles. The zero-order valence-corrected chi connectivity index (χ0v) is 13.7. The number of anilines is 1. The Morgan fingerprint density at radius 3 is 2.82 bits per heavy atom. The summed E-state index contributed by atoms with van der Waals surface area (Å²) in [7, 11) is 0. The molecular formula is C18H22N2OS. The molecule has 22 heavy (non-hydrogen) atoms. The van der Waals surface area contributed by atoms with Crippen LogP contribution in [0.4, 0.5) is 5.69 Å². The quantitative estimate of drug-likeness (QED) is 0.869. The maximum Gasteiger partial charge on any atom is 0.173 e. The summed E-state index contributed by atoms with van der Waals surface area (Å²) in [6.07, 6.45) is 2.58. The summed E-state index contributed by atoms with van der Waals surface area (Å²) in [5.74, 6) is 0. The molecule has 1 fully saturated rings. The lowest BCUT2D eigenvalue weighted by Gasteiger charge is -2.25. The molecule has 0 spiro atoms. The minimum absolute atomic E-state index is 0.299. The Balaban J connectivity index is 1.71. The smallest absolute Gasteiger partial charge is 0.173 e. The molecule has 1 atom stereocenters. The molecule has 1 aliphatic rings. The first-order valence-corrected chi connectivity index (χ1v) is 8.34. The zero-order valence-electron chi connectivity index (χ0n) is 12.9. The number of fused-ring (bicyclic) bond motifs is 1. The average Bonchev–Trinajstić information content (AvgIpc) is 3.07. The van der Waals surface area contributed by atoms with E-state index in [4.69, 9.17) is 17.0 Å². The third-order valence-corrected chi connectivity index (χ3v) is 4.48. The fourth-order valence-electron chi connectivity index (χ4n) is 2.89. The van der Waals surface area contributed by atoms with Crippen LogP contribution in [0, 0.1) is 0 Å². The molecule has 0 aliphatic carbocycles. The molecule has 0 unspecified atom stereocenters. The molecule has 0 amide bonds. The lowest BCUT2D eigenvalue weighted by molar-refractivity contribution is 0.114. The Morgan fingerprint density at radius 1 is 1.27 bits per heavy atom. The maximum atomic E-state index is 5.64. The van der Waals surface area contributed by atoms with Crippen molar-refractivity contribution in [1.29, 1.82) is 0 Å². The van der Waals surface area contributed by atoms with Crippen molar-refractivity contribution < 1.29 is 4.74 Å². The molecule has 0 radical (unpaired) electrons. The van der Waals surface area contributed by atoms with Crippen molar-refractivity contribution >= 4 is 33.8 Å². The highest BCUT2D eigenvalue weighted by Crippen LogP contribution is 2.22. The van der Waals surface area contributed by atoms with Crippen LogP contribution in [0.1, 0.15) is 19.8 Å². The van der Waals surface area contributed by atoms with E-state index in [9.17, 15) is 0 Å². The lowest BCUT2D eigenvalue weighted by atomic mass is 10.1. The van der Waals surface area contributed by atoms with E-state index in [1.807, 2.05) is 0 Å². The van der Waals surface area contributed by atoms with Crippen LogP contribution in [0.3, 0.4) is 0 Å². The maximum absolute atomic E-state index is 5.64. The van der Waals surface area contributed by atoms with Gasteiger partial charge in [0.1, 0.15) is 0 Å². The zero-order chi connectivity index (χ0) is 15.4. The molecule has 0 bridgehead atoms. The number of nitrogens with one attached hydrogen (secondary N) is 1. The fourth-order valence-corrected chi connectivity index (χ4v) is 3.21. The second kappa shape index (κ2) is 7.07. The van der Waals surface area contributed by atoms with Crippen LogP contribution in [0.15, 0.2) is 42.5 Å². The molecular weight excluding hydrogens is 292 g/mol. The summed E-state index contributed by atoms with van der Waals surface area (Å²) >= 11 is 5.57. The summed E-state index contributed by atoms with van der Waals surface area (Å²) < 4.78 is 5.64.